The van der Waals surface area contributed by atoms with Gasteiger partial charge in [0.2, 0.25) is 11.7 Å². The molecule has 0 saturated heterocycles. The van der Waals surface area contributed by atoms with Crippen LogP contribution in [0.25, 0.3) is 10.6 Å². The number of ether oxygens (including phenoxy) is 3. The quantitative estimate of drug-likeness (QED) is 0.637. The Kier molecular flexibility index (Phi) is 6.18. The summed E-state index contributed by atoms with van der Waals surface area (Å²) in [5, 5.41) is 9.05. The van der Waals surface area contributed by atoms with Crippen molar-refractivity contribution in [1.29, 1.82) is 0 Å². The fourth-order valence-electron chi connectivity index (χ4n) is 2.77. The second-order valence-corrected chi connectivity index (χ2v) is 7.01. The third-order valence-corrected chi connectivity index (χ3v) is 5.17. The van der Waals surface area contributed by atoms with Gasteiger partial charge in [-0.2, -0.15) is 5.10 Å². The number of carbonyl (C=O) groups is 1. The molecule has 1 amide bonds. The second-order valence-electron chi connectivity index (χ2n) is 6.06. The van der Waals surface area contributed by atoms with Crippen LogP contribution in [0.4, 0.5) is 5.69 Å². The predicted molar refractivity (Wildman–Crippen MR) is 111 cm³/mol. The van der Waals surface area contributed by atoms with Crippen LogP contribution >= 0.6 is 11.3 Å². The van der Waals surface area contributed by atoms with E-state index in [1.54, 1.807) is 25.1 Å². The van der Waals surface area contributed by atoms with Crippen LogP contribution in [0.1, 0.15) is 13.0 Å². The van der Waals surface area contributed by atoms with Gasteiger partial charge in [-0.3, -0.25) is 9.59 Å². The molecule has 0 saturated carbocycles. The van der Waals surface area contributed by atoms with Gasteiger partial charge in [0, 0.05) is 23.9 Å². The van der Waals surface area contributed by atoms with Crippen molar-refractivity contribution >= 4 is 22.9 Å². The third kappa shape index (κ3) is 4.24. The van der Waals surface area contributed by atoms with Crippen LogP contribution in [0.15, 0.2) is 46.6 Å². The van der Waals surface area contributed by atoms with Crippen molar-refractivity contribution in [2.75, 3.05) is 26.6 Å². The van der Waals surface area contributed by atoms with E-state index in [4.69, 9.17) is 14.2 Å². The molecule has 9 heteroatoms. The number of nitrogens with one attached hydrogen (secondary N) is 1. The van der Waals surface area contributed by atoms with E-state index < -0.39 is 11.9 Å². The maximum atomic E-state index is 12.8. The number of rotatable bonds is 7. The van der Waals surface area contributed by atoms with Crippen molar-refractivity contribution in [2.45, 2.75) is 13.0 Å². The molecule has 29 heavy (non-hydrogen) atoms. The van der Waals surface area contributed by atoms with Crippen LogP contribution in [0.2, 0.25) is 0 Å². The smallest absolute Gasteiger partial charge is 0.267 e. The maximum Gasteiger partial charge on any atom is 0.267 e. The summed E-state index contributed by atoms with van der Waals surface area (Å²) in [6.07, 6.45) is 0. The number of methoxy groups -OCH3 is 3. The molecule has 0 aliphatic heterocycles. The molecule has 1 aromatic carbocycles. The highest BCUT2D eigenvalue weighted by Crippen LogP contribution is 2.40. The maximum absolute atomic E-state index is 12.8. The number of hydrogen-bond donors (Lipinski definition) is 1. The van der Waals surface area contributed by atoms with Gasteiger partial charge in [0.15, 0.2) is 11.5 Å². The Labute approximate surface area is 171 Å². The van der Waals surface area contributed by atoms with Gasteiger partial charge in [-0.1, -0.05) is 6.07 Å². The van der Waals surface area contributed by atoms with Gasteiger partial charge in [0.1, 0.15) is 11.7 Å². The van der Waals surface area contributed by atoms with E-state index in [9.17, 15) is 9.59 Å². The van der Waals surface area contributed by atoms with Crippen LogP contribution in [-0.4, -0.2) is 37.0 Å². The normalized spacial score (nSPS) is 11.6. The highest BCUT2D eigenvalue weighted by molar-refractivity contribution is 7.13. The molecular formula is C20H21N3O5S. The van der Waals surface area contributed by atoms with Gasteiger partial charge in [-0.15, -0.1) is 11.3 Å². The number of anilines is 1. The van der Waals surface area contributed by atoms with Crippen molar-refractivity contribution in [3.63, 3.8) is 0 Å². The second kappa shape index (κ2) is 8.78. The molecule has 0 bridgehead atoms. The molecular weight excluding hydrogens is 394 g/mol. The number of aromatic nitrogens is 2. The lowest BCUT2D eigenvalue weighted by Crippen LogP contribution is -2.33. The molecule has 0 fully saturated rings. The first-order chi connectivity index (χ1) is 14.0. The van der Waals surface area contributed by atoms with Crippen molar-refractivity contribution in [3.8, 4) is 27.8 Å². The summed E-state index contributed by atoms with van der Waals surface area (Å²) in [4.78, 5) is 26.0. The minimum Gasteiger partial charge on any atom is -0.493 e. The van der Waals surface area contributed by atoms with E-state index in [1.165, 1.54) is 43.4 Å². The third-order valence-electron chi connectivity index (χ3n) is 4.28. The molecule has 0 aliphatic rings. The van der Waals surface area contributed by atoms with E-state index >= 15 is 0 Å². The van der Waals surface area contributed by atoms with Gasteiger partial charge in [-0.25, -0.2) is 4.68 Å². The summed E-state index contributed by atoms with van der Waals surface area (Å²) in [6.45, 7) is 1.61. The number of thiophene rings is 1. The highest BCUT2D eigenvalue weighted by atomic mass is 32.1. The average Bonchev–Trinajstić information content (AvgIpc) is 3.27. The van der Waals surface area contributed by atoms with Gasteiger partial charge >= 0.3 is 0 Å². The number of benzene rings is 1. The Morgan fingerprint density at radius 1 is 1.10 bits per heavy atom. The summed E-state index contributed by atoms with van der Waals surface area (Å²) >= 11 is 1.51. The number of carbonyl (C=O) groups excluding carboxylic acids is 1. The number of hydrogen-bond acceptors (Lipinski definition) is 7. The Bertz CT molecular complexity index is 1040. The first kappa shape index (κ1) is 20.4. The zero-order valence-electron chi connectivity index (χ0n) is 16.5. The molecule has 1 N–H and O–H groups in total. The zero-order valence-corrected chi connectivity index (χ0v) is 17.3. The number of amides is 1. The zero-order chi connectivity index (χ0) is 21.0. The van der Waals surface area contributed by atoms with Crippen molar-refractivity contribution < 1.29 is 19.0 Å². The molecule has 2 heterocycles. The van der Waals surface area contributed by atoms with Crippen LogP contribution in [0, 0.1) is 0 Å². The van der Waals surface area contributed by atoms with Crippen molar-refractivity contribution in [3.05, 3.63) is 52.1 Å². The van der Waals surface area contributed by atoms with E-state index in [0.717, 1.165) is 4.88 Å². The van der Waals surface area contributed by atoms with Crippen molar-refractivity contribution in [2.24, 2.45) is 0 Å². The summed E-state index contributed by atoms with van der Waals surface area (Å²) < 4.78 is 17.1. The monoisotopic (exact) mass is 415 g/mol. The molecule has 3 aromatic rings. The fraction of sp³-hybridized carbons (Fsp3) is 0.250. The lowest BCUT2D eigenvalue weighted by Gasteiger charge is -2.17. The van der Waals surface area contributed by atoms with Gasteiger partial charge in [0.25, 0.3) is 5.56 Å². The van der Waals surface area contributed by atoms with Crippen molar-refractivity contribution in [1.82, 2.24) is 9.78 Å². The minimum atomic E-state index is -0.832. The summed E-state index contributed by atoms with van der Waals surface area (Å²) in [5.41, 5.74) is 0.712. The molecule has 1 atom stereocenters. The highest BCUT2D eigenvalue weighted by Gasteiger charge is 2.20. The summed E-state index contributed by atoms with van der Waals surface area (Å²) in [7, 11) is 4.48. The van der Waals surface area contributed by atoms with Crippen LogP contribution in [0.3, 0.4) is 0 Å². The molecule has 152 valence electrons. The topological polar surface area (TPSA) is 91.7 Å². The number of nitrogens with zero attached hydrogens (tertiary/aromatic N) is 2. The Morgan fingerprint density at radius 2 is 1.79 bits per heavy atom. The molecule has 0 spiro atoms. The Balaban J connectivity index is 1.88. The summed E-state index contributed by atoms with van der Waals surface area (Å²) in [5.74, 6) is 0.828. The molecule has 2 aromatic heterocycles. The molecule has 0 radical (unpaired) electrons. The molecule has 3 rings (SSSR count). The molecule has 1 unspecified atom stereocenters. The van der Waals surface area contributed by atoms with E-state index in [2.05, 4.69) is 10.4 Å². The summed E-state index contributed by atoms with van der Waals surface area (Å²) in [6, 6.07) is 9.26. The molecule has 0 aliphatic carbocycles. The first-order valence-corrected chi connectivity index (χ1v) is 9.61. The largest absolute Gasteiger partial charge is 0.493 e. The fourth-order valence-corrected chi connectivity index (χ4v) is 3.46. The Morgan fingerprint density at radius 3 is 2.34 bits per heavy atom. The molecule has 8 nitrogen and oxygen atoms in total. The Hall–Kier alpha value is -3.33. The van der Waals surface area contributed by atoms with Crippen LogP contribution in [0.5, 0.6) is 17.2 Å². The average molecular weight is 415 g/mol. The van der Waals surface area contributed by atoms with Crippen LogP contribution < -0.4 is 25.1 Å². The van der Waals surface area contributed by atoms with Crippen LogP contribution in [-0.2, 0) is 4.79 Å². The van der Waals surface area contributed by atoms with E-state index in [1.807, 2.05) is 17.5 Å². The minimum absolute atomic E-state index is 0.363. The van der Waals surface area contributed by atoms with Gasteiger partial charge in [0.05, 0.1) is 26.2 Å². The van der Waals surface area contributed by atoms with Gasteiger partial charge in [-0.05, 0) is 24.4 Å². The first-order valence-electron chi connectivity index (χ1n) is 8.73. The standard InChI is InChI=1S/C20H21N3O5S/c1-12(23-18(24)8-7-14(22-23)17-6-5-9-29-17)20(25)21-13-10-15(26-2)19(28-4)16(11-13)27-3/h5-12H,1-4H3,(H,21,25). The van der Waals surface area contributed by atoms with E-state index in [-0.39, 0.29) is 5.56 Å². The van der Waals surface area contributed by atoms with E-state index in [0.29, 0.717) is 28.6 Å². The lowest BCUT2D eigenvalue weighted by atomic mass is 10.2. The van der Waals surface area contributed by atoms with Gasteiger partial charge < -0.3 is 19.5 Å². The predicted octanol–water partition coefficient (Wildman–Crippen LogP) is 3.20. The lowest BCUT2D eigenvalue weighted by molar-refractivity contribution is -0.119. The SMILES string of the molecule is COc1cc(NC(=O)C(C)n2nc(-c3cccs3)ccc2=O)cc(OC)c1OC.